The summed E-state index contributed by atoms with van der Waals surface area (Å²) >= 11 is 6.04. The highest BCUT2D eigenvalue weighted by Gasteiger charge is 2.29. The smallest absolute Gasteiger partial charge is 0.0992 e. The summed E-state index contributed by atoms with van der Waals surface area (Å²) in [5.41, 5.74) is 1.52. The van der Waals surface area contributed by atoms with Crippen LogP contribution < -0.4 is 5.32 Å². The van der Waals surface area contributed by atoms with Gasteiger partial charge in [0.05, 0.1) is 17.7 Å². The molecule has 90 valence electrons. The highest BCUT2D eigenvalue weighted by Crippen LogP contribution is 2.32. The zero-order valence-corrected chi connectivity index (χ0v) is 10.2. The Bertz CT molecular complexity index is 438. The van der Waals surface area contributed by atoms with Crippen molar-refractivity contribution >= 4 is 11.6 Å². The quantitative estimate of drug-likeness (QED) is 0.841. The van der Waals surface area contributed by atoms with Gasteiger partial charge in [-0.3, -0.25) is 0 Å². The molecular weight excluding hydrogens is 236 g/mol. The molecule has 0 spiro atoms. The Morgan fingerprint density at radius 2 is 2.29 bits per heavy atom. The lowest BCUT2D eigenvalue weighted by Gasteiger charge is -2.11. The minimum atomic E-state index is -0.243. The normalized spacial score (nSPS) is 16.5. The monoisotopic (exact) mass is 250 g/mol. The van der Waals surface area contributed by atoms with Crippen molar-refractivity contribution in [2.24, 2.45) is 5.92 Å². The van der Waals surface area contributed by atoms with Gasteiger partial charge in [0.1, 0.15) is 0 Å². The zero-order valence-electron chi connectivity index (χ0n) is 9.49. The molecule has 0 heterocycles. The number of nitrogens with zero attached hydrogens (tertiary/aromatic N) is 1. The Labute approximate surface area is 106 Å². The van der Waals surface area contributed by atoms with Crippen LogP contribution in [-0.2, 0) is 6.54 Å². The second kappa shape index (κ2) is 5.50. The summed E-state index contributed by atoms with van der Waals surface area (Å²) in [6.07, 6.45) is 2.04. The van der Waals surface area contributed by atoms with E-state index in [0.29, 0.717) is 29.6 Å². The summed E-state index contributed by atoms with van der Waals surface area (Å²) in [5, 5.41) is 22.2. The van der Waals surface area contributed by atoms with Gasteiger partial charge in [-0.15, -0.1) is 0 Å². The maximum Gasteiger partial charge on any atom is 0.0992 e. The van der Waals surface area contributed by atoms with Gasteiger partial charge in [0.25, 0.3) is 0 Å². The summed E-state index contributed by atoms with van der Waals surface area (Å²) in [5.74, 6) is 0.485. The third-order valence-corrected chi connectivity index (χ3v) is 3.37. The molecule has 1 saturated carbocycles. The number of nitrogens with one attached hydrogen (secondary N) is 1. The van der Waals surface area contributed by atoms with Crippen molar-refractivity contribution in [2.45, 2.75) is 25.5 Å². The lowest BCUT2D eigenvalue weighted by molar-refractivity contribution is 0.148. The predicted octanol–water partition coefficient (Wildman–Crippen LogP) is 2.07. The standard InChI is InChI=1S/C13H15ClN2O/c14-12-5-9(6-15)1-2-11(12)7-16-8-13(17)10-3-4-10/h1-2,5,10,13,16-17H,3-4,7-8H2. The van der Waals surface area contributed by atoms with Crippen LogP contribution in [0.2, 0.25) is 5.02 Å². The van der Waals surface area contributed by atoms with Crippen molar-refractivity contribution in [3.05, 3.63) is 34.3 Å². The van der Waals surface area contributed by atoms with Crippen LogP contribution in [0, 0.1) is 17.2 Å². The maximum atomic E-state index is 9.68. The van der Waals surface area contributed by atoms with Crippen LogP contribution in [0.5, 0.6) is 0 Å². The molecular formula is C13H15ClN2O. The molecule has 0 saturated heterocycles. The fourth-order valence-corrected chi connectivity index (χ4v) is 2.01. The lowest BCUT2D eigenvalue weighted by Crippen LogP contribution is -2.27. The largest absolute Gasteiger partial charge is 0.392 e. The molecule has 0 bridgehead atoms. The van der Waals surface area contributed by atoms with Crippen molar-refractivity contribution in [3.63, 3.8) is 0 Å². The Kier molecular flexibility index (Phi) is 4.01. The molecule has 3 nitrogen and oxygen atoms in total. The summed E-state index contributed by atoms with van der Waals surface area (Å²) in [6.45, 7) is 1.22. The number of nitriles is 1. The van der Waals surface area contributed by atoms with E-state index in [1.807, 2.05) is 12.1 Å². The molecule has 0 aliphatic heterocycles. The number of aliphatic hydroxyl groups excluding tert-OH is 1. The highest BCUT2D eigenvalue weighted by molar-refractivity contribution is 6.31. The van der Waals surface area contributed by atoms with Gasteiger partial charge in [-0.1, -0.05) is 17.7 Å². The first-order valence-corrected chi connectivity index (χ1v) is 6.16. The molecule has 1 aromatic carbocycles. The number of hydrogen-bond donors (Lipinski definition) is 2. The molecule has 17 heavy (non-hydrogen) atoms. The fourth-order valence-electron chi connectivity index (χ4n) is 1.76. The van der Waals surface area contributed by atoms with E-state index in [9.17, 15) is 5.11 Å². The molecule has 0 aromatic heterocycles. The van der Waals surface area contributed by atoms with Gasteiger partial charge in [-0.2, -0.15) is 5.26 Å². The van der Waals surface area contributed by atoms with E-state index in [-0.39, 0.29) is 6.10 Å². The SMILES string of the molecule is N#Cc1ccc(CNCC(O)C2CC2)c(Cl)c1. The van der Waals surface area contributed by atoms with E-state index in [1.165, 1.54) is 0 Å². The molecule has 0 radical (unpaired) electrons. The van der Waals surface area contributed by atoms with Crippen LogP contribution in [0.15, 0.2) is 18.2 Å². The van der Waals surface area contributed by atoms with Gasteiger partial charge >= 0.3 is 0 Å². The van der Waals surface area contributed by atoms with Gasteiger partial charge in [0, 0.05) is 18.1 Å². The van der Waals surface area contributed by atoms with Crippen molar-refractivity contribution in [3.8, 4) is 6.07 Å². The van der Waals surface area contributed by atoms with E-state index in [1.54, 1.807) is 12.1 Å². The molecule has 2 rings (SSSR count). The summed E-state index contributed by atoms with van der Waals surface area (Å²) in [4.78, 5) is 0. The summed E-state index contributed by atoms with van der Waals surface area (Å²) in [6, 6.07) is 7.31. The number of halogens is 1. The molecule has 1 aliphatic carbocycles. The van der Waals surface area contributed by atoms with E-state index in [2.05, 4.69) is 5.32 Å². The van der Waals surface area contributed by atoms with Gasteiger partial charge in [-0.25, -0.2) is 0 Å². The molecule has 1 aromatic rings. The van der Waals surface area contributed by atoms with Crippen LogP contribution in [0.3, 0.4) is 0 Å². The molecule has 1 aliphatic rings. The first-order chi connectivity index (χ1) is 8.20. The molecule has 4 heteroatoms. The topological polar surface area (TPSA) is 56.0 Å². The van der Waals surface area contributed by atoms with Crippen molar-refractivity contribution in [2.75, 3.05) is 6.54 Å². The second-order valence-corrected chi connectivity index (χ2v) is 4.86. The van der Waals surface area contributed by atoms with Crippen LogP contribution in [0.1, 0.15) is 24.0 Å². The van der Waals surface area contributed by atoms with E-state index in [0.717, 1.165) is 18.4 Å². The second-order valence-electron chi connectivity index (χ2n) is 4.45. The van der Waals surface area contributed by atoms with Crippen LogP contribution in [0.25, 0.3) is 0 Å². The third-order valence-electron chi connectivity index (χ3n) is 3.02. The predicted molar refractivity (Wildman–Crippen MR) is 66.6 cm³/mol. The summed E-state index contributed by atoms with van der Waals surface area (Å²) in [7, 11) is 0. The number of hydrogen-bond acceptors (Lipinski definition) is 3. The number of aliphatic hydroxyl groups is 1. The summed E-state index contributed by atoms with van der Waals surface area (Å²) < 4.78 is 0. The van der Waals surface area contributed by atoms with Gasteiger partial charge in [0.15, 0.2) is 0 Å². The zero-order chi connectivity index (χ0) is 12.3. The van der Waals surface area contributed by atoms with Crippen LogP contribution >= 0.6 is 11.6 Å². The first-order valence-electron chi connectivity index (χ1n) is 5.78. The van der Waals surface area contributed by atoms with Crippen molar-refractivity contribution in [1.29, 1.82) is 5.26 Å². The highest BCUT2D eigenvalue weighted by atomic mass is 35.5. The lowest BCUT2D eigenvalue weighted by atomic mass is 10.1. The van der Waals surface area contributed by atoms with Gasteiger partial charge in [-0.05, 0) is 36.5 Å². The Balaban J connectivity index is 1.84. The van der Waals surface area contributed by atoms with E-state index < -0.39 is 0 Å². The van der Waals surface area contributed by atoms with Gasteiger partial charge in [0.2, 0.25) is 0 Å². The number of benzene rings is 1. The number of rotatable bonds is 5. The van der Waals surface area contributed by atoms with E-state index >= 15 is 0 Å². The average molecular weight is 251 g/mol. The molecule has 1 atom stereocenters. The maximum absolute atomic E-state index is 9.68. The van der Waals surface area contributed by atoms with Crippen LogP contribution in [0.4, 0.5) is 0 Å². The fraction of sp³-hybridized carbons (Fsp3) is 0.462. The molecule has 2 N–H and O–H groups in total. The molecule has 0 amide bonds. The minimum Gasteiger partial charge on any atom is -0.392 e. The van der Waals surface area contributed by atoms with Crippen molar-refractivity contribution < 1.29 is 5.11 Å². The average Bonchev–Trinajstić information content (AvgIpc) is 3.15. The van der Waals surface area contributed by atoms with Crippen molar-refractivity contribution in [1.82, 2.24) is 5.32 Å². The molecule has 1 fully saturated rings. The van der Waals surface area contributed by atoms with Gasteiger partial charge < -0.3 is 10.4 Å². The molecule has 1 unspecified atom stereocenters. The third kappa shape index (κ3) is 3.44. The Morgan fingerprint density at radius 1 is 1.53 bits per heavy atom. The van der Waals surface area contributed by atoms with Crippen LogP contribution in [-0.4, -0.2) is 17.8 Å². The Hall–Kier alpha value is -1.08. The minimum absolute atomic E-state index is 0.243. The first kappa shape index (κ1) is 12.4. The Morgan fingerprint density at radius 3 is 2.88 bits per heavy atom. The van der Waals surface area contributed by atoms with E-state index in [4.69, 9.17) is 16.9 Å².